The highest BCUT2D eigenvalue weighted by Crippen LogP contribution is 2.47. The lowest BCUT2D eigenvalue weighted by Gasteiger charge is -2.49. The number of methoxy groups -OCH3 is 2. The summed E-state index contributed by atoms with van der Waals surface area (Å²) in [4.78, 5) is 2.73. The molecule has 264 valence electrons. The summed E-state index contributed by atoms with van der Waals surface area (Å²) >= 11 is 15.3. The molecule has 3 heterocycles. The van der Waals surface area contributed by atoms with Crippen molar-refractivity contribution in [1.82, 2.24) is 9.38 Å². The molecule has 3 aliphatic rings. The van der Waals surface area contributed by atoms with Crippen molar-refractivity contribution in [3.63, 3.8) is 0 Å². The van der Waals surface area contributed by atoms with Gasteiger partial charge in [0.15, 0.2) is 11.4 Å². The molecule has 3 atom stereocenters. The Balaban J connectivity index is 1.23. The second kappa shape index (κ2) is 16.1. The third kappa shape index (κ3) is 7.65. The third-order valence-corrected chi connectivity index (χ3v) is 13.0. The standard InChI is InChI=1S/C40H43Br4N2O4/c1-47-31-6-10-37(35(43)23-31)46(38-11-7-32(48-2)24-36(38)44)18-17-45(16-13-40-34-9-4-29(42)22-27(34)15-20-50-40)30(25-46)5-12-39-33-8-3-28(41)21-26(33)14-19-49-39/h3-4,6-11,21-24,30,39-40H,5,12-20,25H2,1-2H3/q+1. The summed E-state index contributed by atoms with van der Waals surface area (Å²) < 4.78 is 29.2. The first-order valence-electron chi connectivity index (χ1n) is 17.4. The molecular weight excluding hydrogens is 892 g/mol. The zero-order valence-electron chi connectivity index (χ0n) is 28.5. The first-order chi connectivity index (χ1) is 24.3. The number of benzene rings is 4. The van der Waals surface area contributed by atoms with Crippen molar-refractivity contribution in [2.45, 2.75) is 50.4 Å². The lowest BCUT2D eigenvalue weighted by Crippen LogP contribution is -2.62. The quantitative estimate of drug-likeness (QED) is 0.148. The molecule has 0 amide bonds. The van der Waals surface area contributed by atoms with Crippen molar-refractivity contribution in [2.24, 2.45) is 0 Å². The highest BCUT2D eigenvalue weighted by molar-refractivity contribution is 9.11. The predicted octanol–water partition coefficient (Wildman–Crippen LogP) is 10.9. The van der Waals surface area contributed by atoms with E-state index in [1.165, 1.54) is 33.6 Å². The second-order valence-corrected chi connectivity index (χ2v) is 17.0. The molecule has 0 bridgehead atoms. The van der Waals surface area contributed by atoms with Crippen LogP contribution in [0, 0.1) is 0 Å². The first kappa shape index (κ1) is 36.6. The maximum atomic E-state index is 6.48. The van der Waals surface area contributed by atoms with Crippen LogP contribution in [-0.2, 0) is 22.3 Å². The fraction of sp³-hybridized carbons (Fsp3) is 0.400. The largest absolute Gasteiger partial charge is 0.497 e. The molecule has 10 heteroatoms. The summed E-state index contributed by atoms with van der Waals surface area (Å²) in [5, 5.41) is 0. The number of hydrogen-bond acceptors (Lipinski definition) is 5. The third-order valence-electron chi connectivity index (χ3n) is 10.8. The van der Waals surface area contributed by atoms with E-state index in [4.69, 9.17) is 18.9 Å². The van der Waals surface area contributed by atoms with Crippen molar-refractivity contribution >= 4 is 75.1 Å². The Bertz CT molecular complexity index is 1780. The number of fused-ring (bicyclic) bond motifs is 2. The van der Waals surface area contributed by atoms with Crippen LogP contribution in [0.5, 0.6) is 11.5 Å². The molecule has 0 radical (unpaired) electrons. The lowest BCUT2D eigenvalue weighted by molar-refractivity contribution is 0.00819. The zero-order valence-corrected chi connectivity index (χ0v) is 34.8. The summed E-state index contributed by atoms with van der Waals surface area (Å²) in [6.45, 7) is 5.25. The lowest BCUT2D eigenvalue weighted by atomic mass is 9.91. The molecule has 0 aliphatic carbocycles. The molecule has 0 spiro atoms. The van der Waals surface area contributed by atoms with Crippen LogP contribution < -0.4 is 14.0 Å². The Morgan fingerprint density at radius 2 is 1.22 bits per heavy atom. The number of ether oxygens (including phenoxy) is 4. The van der Waals surface area contributed by atoms with Crippen LogP contribution in [0.15, 0.2) is 90.7 Å². The minimum absolute atomic E-state index is 0.0879. The van der Waals surface area contributed by atoms with Crippen LogP contribution >= 0.6 is 63.7 Å². The van der Waals surface area contributed by atoms with E-state index in [0.717, 1.165) is 101 Å². The highest BCUT2D eigenvalue weighted by Gasteiger charge is 2.45. The van der Waals surface area contributed by atoms with E-state index in [2.05, 4.69) is 141 Å². The van der Waals surface area contributed by atoms with Crippen molar-refractivity contribution in [2.75, 3.05) is 53.6 Å². The van der Waals surface area contributed by atoms with Gasteiger partial charge in [0.1, 0.15) is 24.6 Å². The van der Waals surface area contributed by atoms with Crippen molar-refractivity contribution in [1.29, 1.82) is 0 Å². The summed E-state index contributed by atoms with van der Waals surface area (Å²) in [7, 11) is 3.44. The number of halogens is 4. The van der Waals surface area contributed by atoms with Crippen molar-refractivity contribution < 1.29 is 18.9 Å². The molecule has 0 aromatic heterocycles. The summed E-state index contributed by atoms with van der Waals surface area (Å²) in [5.74, 6) is 1.67. The minimum Gasteiger partial charge on any atom is -0.497 e. The van der Waals surface area contributed by atoms with E-state index in [1.54, 1.807) is 14.2 Å². The van der Waals surface area contributed by atoms with E-state index in [9.17, 15) is 0 Å². The highest BCUT2D eigenvalue weighted by atomic mass is 79.9. The maximum absolute atomic E-state index is 6.48. The number of quaternary nitrogens is 1. The Kier molecular flexibility index (Phi) is 11.8. The molecule has 6 nitrogen and oxygen atoms in total. The molecule has 50 heavy (non-hydrogen) atoms. The first-order valence-corrected chi connectivity index (χ1v) is 20.5. The van der Waals surface area contributed by atoms with E-state index in [1.807, 2.05) is 0 Å². The molecule has 0 saturated carbocycles. The molecule has 3 unspecified atom stereocenters. The van der Waals surface area contributed by atoms with E-state index in [0.29, 0.717) is 10.5 Å². The Morgan fingerprint density at radius 3 is 1.74 bits per heavy atom. The monoisotopic (exact) mass is 931 g/mol. The molecule has 3 aliphatic heterocycles. The van der Waals surface area contributed by atoms with E-state index in [-0.39, 0.29) is 12.2 Å². The van der Waals surface area contributed by atoms with Gasteiger partial charge in [0.05, 0.1) is 54.6 Å². The molecule has 1 saturated heterocycles. The van der Waals surface area contributed by atoms with Gasteiger partial charge in [0.2, 0.25) is 0 Å². The van der Waals surface area contributed by atoms with Gasteiger partial charge in [-0.2, -0.15) is 0 Å². The second-order valence-electron chi connectivity index (χ2n) is 13.5. The average molecular weight is 935 g/mol. The van der Waals surface area contributed by atoms with Gasteiger partial charge >= 0.3 is 0 Å². The summed E-state index contributed by atoms with van der Waals surface area (Å²) in [6, 6.07) is 26.4. The molecule has 7 rings (SSSR count). The number of hydrogen-bond donors (Lipinski definition) is 0. The van der Waals surface area contributed by atoms with Gasteiger partial charge in [-0.15, -0.1) is 0 Å². The predicted molar refractivity (Wildman–Crippen MR) is 215 cm³/mol. The smallest absolute Gasteiger partial charge is 0.152 e. The van der Waals surface area contributed by atoms with Gasteiger partial charge in [-0.1, -0.05) is 44.0 Å². The molecule has 1 fully saturated rings. The van der Waals surface area contributed by atoms with Gasteiger partial charge in [-0.05, 0) is 123 Å². The Labute approximate surface area is 329 Å². The van der Waals surface area contributed by atoms with Gasteiger partial charge < -0.3 is 18.9 Å². The maximum Gasteiger partial charge on any atom is 0.152 e. The van der Waals surface area contributed by atoms with E-state index >= 15 is 0 Å². The van der Waals surface area contributed by atoms with Crippen LogP contribution in [0.3, 0.4) is 0 Å². The fourth-order valence-electron chi connectivity index (χ4n) is 8.22. The fourth-order valence-corrected chi connectivity index (χ4v) is 10.4. The van der Waals surface area contributed by atoms with Crippen LogP contribution in [0.4, 0.5) is 11.4 Å². The molecule has 4 aromatic carbocycles. The van der Waals surface area contributed by atoms with Gasteiger partial charge in [0.25, 0.3) is 0 Å². The Morgan fingerprint density at radius 1 is 0.680 bits per heavy atom. The van der Waals surface area contributed by atoms with Gasteiger partial charge in [-0.25, -0.2) is 0 Å². The molecule has 4 aromatic rings. The van der Waals surface area contributed by atoms with Crippen molar-refractivity contribution in [3.05, 3.63) is 113 Å². The SMILES string of the molecule is COc1ccc([N+]2(c3ccc(OC)cc3Br)CCN(CCC3OCCc4cc(Br)ccc43)C(CCC3OCCc4cc(Br)ccc43)C2)c(Br)c1. The van der Waals surface area contributed by atoms with Gasteiger partial charge in [0, 0.05) is 46.3 Å². The molecular formula is C40H43Br4N2O4+. The number of piperazine rings is 1. The van der Waals surface area contributed by atoms with Crippen molar-refractivity contribution in [3.8, 4) is 11.5 Å². The number of nitrogens with zero attached hydrogens (tertiary/aromatic N) is 2. The van der Waals surface area contributed by atoms with Crippen LogP contribution in [0.1, 0.15) is 53.7 Å². The van der Waals surface area contributed by atoms with Crippen LogP contribution in [0.2, 0.25) is 0 Å². The van der Waals surface area contributed by atoms with Crippen LogP contribution in [0.25, 0.3) is 0 Å². The number of rotatable bonds is 10. The van der Waals surface area contributed by atoms with Gasteiger partial charge in [-0.3, -0.25) is 9.38 Å². The topological polar surface area (TPSA) is 40.2 Å². The molecule has 0 N–H and O–H groups in total. The normalized spacial score (nSPS) is 21.7. The van der Waals surface area contributed by atoms with E-state index < -0.39 is 0 Å². The average Bonchev–Trinajstić information content (AvgIpc) is 3.12. The summed E-state index contributed by atoms with van der Waals surface area (Å²) in [5.41, 5.74) is 7.90. The minimum atomic E-state index is 0.0879. The Hall–Kier alpha value is -1.76. The van der Waals surface area contributed by atoms with Crippen LogP contribution in [-0.4, -0.2) is 64.6 Å². The summed E-state index contributed by atoms with van der Waals surface area (Å²) in [6.07, 6.45) is 5.04. The zero-order chi connectivity index (χ0) is 34.8.